The van der Waals surface area contributed by atoms with Gasteiger partial charge in [0.15, 0.2) is 0 Å². The number of carbonyl (C=O) groups is 1. The van der Waals surface area contributed by atoms with Gasteiger partial charge in [-0.15, -0.1) is 0 Å². The molecule has 0 radical (unpaired) electrons. The summed E-state index contributed by atoms with van der Waals surface area (Å²) < 4.78 is 7.81. The Balaban J connectivity index is 1.49. The van der Waals surface area contributed by atoms with E-state index in [0.717, 1.165) is 29.9 Å². The zero-order valence-electron chi connectivity index (χ0n) is 16.0. The maximum absolute atomic E-state index is 13.0. The lowest BCUT2D eigenvalue weighted by Crippen LogP contribution is -2.56. The van der Waals surface area contributed by atoms with Crippen molar-refractivity contribution in [1.82, 2.24) is 14.7 Å². The minimum atomic E-state index is -0.458. The Morgan fingerprint density at radius 3 is 2.70 bits per heavy atom. The van der Waals surface area contributed by atoms with E-state index in [1.807, 2.05) is 53.8 Å². The van der Waals surface area contributed by atoms with E-state index in [4.69, 9.17) is 4.74 Å². The number of hydrogen-bond acceptors (Lipinski definition) is 4. The summed E-state index contributed by atoms with van der Waals surface area (Å²) in [5.41, 5.74) is 3.10. The molecule has 1 amide bonds. The number of benzene rings is 1. The summed E-state index contributed by atoms with van der Waals surface area (Å²) in [6.07, 6.45) is 2.66. The number of aliphatic hydroxyl groups excluding tert-OH is 1. The SMILES string of the molecule is Cc1cc(C)n(-c2cccc(C(=O)N3CCC4(CC3)OCCCC4O)c2)n1. The van der Waals surface area contributed by atoms with Gasteiger partial charge in [-0.2, -0.15) is 5.10 Å². The number of aliphatic hydroxyl groups is 1. The van der Waals surface area contributed by atoms with Crippen molar-refractivity contribution in [2.45, 2.75) is 51.2 Å². The third-order valence-electron chi connectivity index (χ3n) is 5.86. The Labute approximate surface area is 159 Å². The van der Waals surface area contributed by atoms with Gasteiger partial charge in [0.2, 0.25) is 0 Å². The summed E-state index contributed by atoms with van der Waals surface area (Å²) in [6.45, 7) is 5.90. The Morgan fingerprint density at radius 2 is 2.04 bits per heavy atom. The van der Waals surface area contributed by atoms with E-state index in [1.165, 1.54) is 0 Å². The maximum atomic E-state index is 13.0. The molecule has 1 aromatic carbocycles. The number of rotatable bonds is 2. The first-order chi connectivity index (χ1) is 13.0. The highest BCUT2D eigenvalue weighted by molar-refractivity contribution is 5.94. The molecule has 0 saturated carbocycles. The maximum Gasteiger partial charge on any atom is 0.253 e. The van der Waals surface area contributed by atoms with Crippen molar-refractivity contribution in [1.29, 1.82) is 0 Å². The molecule has 1 spiro atoms. The lowest BCUT2D eigenvalue weighted by molar-refractivity contribution is -0.174. The second-order valence-electron chi connectivity index (χ2n) is 7.75. The molecule has 0 bridgehead atoms. The number of hydrogen-bond donors (Lipinski definition) is 1. The largest absolute Gasteiger partial charge is 0.390 e. The zero-order chi connectivity index (χ0) is 19.0. The van der Waals surface area contributed by atoms with Crippen molar-refractivity contribution in [3.63, 3.8) is 0 Å². The van der Waals surface area contributed by atoms with Gasteiger partial charge in [0.1, 0.15) is 0 Å². The van der Waals surface area contributed by atoms with E-state index in [9.17, 15) is 9.90 Å². The number of amides is 1. The molecule has 2 saturated heterocycles. The molecule has 1 N–H and O–H groups in total. The third kappa shape index (κ3) is 3.39. The predicted molar refractivity (Wildman–Crippen MR) is 102 cm³/mol. The number of likely N-dealkylation sites (tertiary alicyclic amines) is 1. The minimum Gasteiger partial charge on any atom is -0.390 e. The number of piperidine rings is 1. The molecule has 0 aliphatic carbocycles. The Hall–Kier alpha value is -2.18. The average Bonchev–Trinajstić information content (AvgIpc) is 3.03. The molecule has 144 valence electrons. The molecule has 3 heterocycles. The number of aryl methyl sites for hydroxylation is 2. The molecule has 2 fully saturated rings. The van der Waals surface area contributed by atoms with Gasteiger partial charge in [0.05, 0.1) is 23.1 Å². The minimum absolute atomic E-state index is 0.0264. The van der Waals surface area contributed by atoms with Gasteiger partial charge in [-0.3, -0.25) is 4.79 Å². The molecule has 27 heavy (non-hydrogen) atoms. The number of ether oxygens (including phenoxy) is 1. The van der Waals surface area contributed by atoms with Crippen LogP contribution in [0.2, 0.25) is 0 Å². The summed E-state index contributed by atoms with van der Waals surface area (Å²) >= 11 is 0. The van der Waals surface area contributed by atoms with E-state index in [0.29, 0.717) is 38.1 Å². The molecule has 1 aromatic heterocycles. The number of carbonyl (C=O) groups excluding carboxylic acids is 1. The van der Waals surface area contributed by atoms with Gasteiger partial charge in [0, 0.05) is 31.0 Å². The van der Waals surface area contributed by atoms with E-state index < -0.39 is 11.7 Å². The van der Waals surface area contributed by atoms with Gasteiger partial charge in [0.25, 0.3) is 5.91 Å². The molecule has 4 rings (SSSR count). The van der Waals surface area contributed by atoms with Crippen LogP contribution >= 0.6 is 0 Å². The van der Waals surface area contributed by atoms with Crippen molar-refractivity contribution in [2.24, 2.45) is 0 Å². The van der Waals surface area contributed by atoms with Crippen LogP contribution in [0.1, 0.15) is 47.4 Å². The lowest BCUT2D eigenvalue weighted by Gasteiger charge is -2.46. The molecular weight excluding hydrogens is 342 g/mol. The average molecular weight is 369 g/mol. The fourth-order valence-electron chi connectivity index (χ4n) is 4.32. The van der Waals surface area contributed by atoms with Crippen LogP contribution in [0, 0.1) is 13.8 Å². The van der Waals surface area contributed by atoms with Crippen molar-refractivity contribution in [3.05, 3.63) is 47.3 Å². The van der Waals surface area contributed by atoms with Crippen LogP contribution in [0.4, 0.5) is 0 Å². The fraction of sp³-hybridized carbons (Fsp3) is 0.524. The molecule has 2 aromatic rings. The van der Waals surface area contributed by atoms with Crippen LogP contribution in [0.15, 0.2) is 30.3 Å². The smallest absolute Gasteiger partial charge is 0.253 e. The summed E-state index contributed by atoms with van der Waals surface area (Å²) in [7, 11) is 0. The van der Waals surface area contributed by atoms with Gasteiger partial charge in [-0.1, -0.05) is 6.07 Å². The highest BCUT2D eigenvalue weighted by Gasteiger charge is 2.44. The molecular formula is C21H27N3O3. The summed E-state index contributed by atoms with van der Waals surface area (Å²) in [6, 6.07) is 9.64. The Kier molecular flexibility index (Phi) is 4.78. The first-order valence-corrected chi connectivity index (χ1v) is 9.73. The highest BCUT2D eigenvalue weighted by Crippen LogP contribution is 2.35. The first-order valence-electron chi connectivity index (χ1n) is 9.73. The summed E-state index contributed by atoms with van der Waals surface area (Å²) in [5.74, 6) is 0.0264. The molecule has 6 heteroatoms. The van der Waals surface area contributed by atoms with Gasteiger partial charge in [-0.25, -0.2) is 4.68 Å². The van der Waals surface area contributed by atoms with E-state index in [2.05, 4.69) is 5.10 Å². The fourth-order valence-corrected chi connectivity index (χ4v) is 4.32. The topological polar surface area (TPSA) is 67.6 Å². The second-order valence-corrected chi connectivity index (χ2v) is 7.75. The van der Waals surface area contributed by atoms with E-state index >= 15 is 0 Å². The van der Waals surface area contributed by atoms with Crippen molar-refractivity contribution in [3.8, 4) is 5.69 Å². The normalized spacial score (nSPS) is 22.2. The number of aromatic nitrogens is 2. The van der Waals surface area contributed by atoms with Crippen molar-refractivity contribution < 1.29 is 14.6 Å². The van der Waals surface area contributed by atoms with E-state index in [1.54, 1.807) is 0 Å². The molecule has 1 unspecified atom stereocenters. The standard InChI is InChI=1S/C21H27N3O3/c1-15-13-16(2)24(22-15)18-6-3-5-17(14-18)20(26)23-10-8-21(9-11-23)19(25)7-4-12-27-21/h3,5-6,13-14,19,25H,4,7-12H2,1-2H3. The van der Waals surface area contributed by atoms with Gasteiger partial charge in [-0.05, 0) is 63.8 Å². The first kappa shape index (κ1) is 18.2. The van der Waals surface area contributed by atoms with Crippen molar-refractivity contribution >= 4 is 5.91 Å². The highest BCUT2D eigenvalue weighted by atomic mass is 16.5. The van der Waals surface area contributed by atoms with Gasteiger partial charge < -0.3 is 14.7 Å². The van der Waals surface area contributed by atoms with Crippen LogP contribution in [0.25, 0.3) is 5.69 Å². The molecule has 2 aliphatic rings. The van der Waals surface area contributed by atoms with Crippen LogP contribution in [0.3, 0.4) is 0 Å². The Bertz CT molecular complexity index is 837. The van der Waals surface area contributed by atoms with E-state index in [-0.39, 0.29) is 5.91 Å². The lowest BCUT2D eigenvalue weighted by atomic mass is 9.82. The quantitative estimate of drug-likeness (QED) is 0.884. The molecule has 2 aliphatic heterocycles. The molecule has 6 nitrogen and oxygen atoms in total. The zero-order valence-corrected chi connectivity index (χ0v) is 16.0. The van der Waals surface area contributed by atoms with Gasteiger partial charge >= 0.3 is 0 Å². The second kappa shape index (κ2) is 7.09. The third-order valence-corrected chi connectivity index (χ3v) is 5.86. The summed E-state index contributed by atoms with van der Waals surface area (Å²) in [4.78, 5) is 14.9. The Morgan fingerprint density at radius 1 is 1.26 bits per heavy atom. The summed E-state index contributed by atoms with van der Waals surface area (Å²) in [5, 5.41) is 14.9. The number of nitrogens with zero attached hydrogens (tertiary/aromatic N) is 3. The van der Waals surface area contributed by atoms with Crippen LogP contribution < -0.4 is 0 Å². The predicted octanol–water partition coefficient (Wildman–Crippen LogP) is 2.64. The van der Waals surface area contributed by atoms with Crippen LogP contribution in [-0.4, -0.2) is 57.1 Å². The molecule has 1 atom stereocenters. The van der Waals surface area contributed by atoms with Crippen LogP contribution in [-0.2, 0) is 4.74 Å². The van der Waals surface area contributed by atoms with Crippen molar-refractivity contribution in [2.75, 3.05) is 19.7 Å². The van der Waals surface area contributed by atoms with Crippen LogP contribution in [0.5, 0.6) is 0 Å². The monoisotopic (exact) mass is 369 g/mol.